The van der Waals surface area contributed by atoms with Gasteiger partial charge in [-0.25, -0.2) is 0 Å². The zero-order valence-corrected chi connectivity index (χ0v) is 11.5. The van der Waals surface area contributed by atoms with Crippen molar-refractivity contribution in [3.63, 3.8) is 0 Å². The van der Waals surface area contributed by atoms with Gasteiger partial charge in [-0.05, 0) is 48.6 Å². The van der Waals surface area contributed by atoms with Gasteiger partial charge in [0.1, 0.15) is 5.75 Å². The molecule has 2 nitrogen and oxygen atoms in total. The molecule has 1 aliphatic heterocycles. The number of aryl methyl sites for hydroxylation is 2. The minimum atomic E-state index is 0.916. The highest BCUT2D eigenvalue weighted by Gasteiger charge is 2.14. The maximum atomic E-state index is 5.28. The van der Waals surface area contributed by atoms with Crippen LogP contribution >= 0.6 is 0 Å². The molecule has 98 valence electrons. The van der Waals surface area contributed by atoms with Crippen LogP contribution in [0, 0.1) is 6.92 Å². The van der Waals surface area contributed by atoms with Gasteiger partial charge in [0.25, 0.3) is 0 Å². The lowest BCUT2D eigenvalue weighted by molar-refractivity contribution is 0.414. The number of ether oxygens (including phenoxy) is 1. The van der Waals surface area contributed by atoms with Crippen LogP contribution < -0.4 is 10.1 Å². The molecular weight excluding hydrogens is 234 g/mol. The fourth-order valence-corrected chi connectivity index (χ4v) is 2.80. The number of methoxy groups -OCH3 is 1. The van der Waals surface area contributed by atoms with E-state index in [4.69, 9.17) is 4.74 Å². The molecule has 0 radical (unpaired) electrons. The molecule has 0 bridgehead atoms. The van der Waals surface area contributed by atoms with E-state index in [2.05, 4.69) is 42.6 Å². The Labute approximate surface area is 114 Å². The first-order chi connectivity index (χ1) is 9.29. The number of benzene rings is 2. The molecule has 0 saturated heterocycles. The molecular formula is C17H19NO. The van der Waals surface area contributed by atoms with Crippen LogP contribution in [0.25, 0.3) is 11.1 Å². The van der Waals surface area contributed by atoms with Crippen LogP contribution in [-0.4, -0.2) is 13.7 Å². The smallest absolute Gasteiger partial charge is 0.119 e. The van der Waals surface area contributed by atoms with Gasteiger partial charge in [-0.15, -0.1) is 0 Å². The summed E-state index contributed by atoms with van der Waals surface area (Å²) in [6.07, 6.45) is 2.39. The molecule has 0 fully saturated rings. The first-order valence-corrected chi connectivity index (χ1v) is 6.80. The summed E-state index contributed by atoms with van der Waals surface area (Å²) < 4.78 is 5.28. The Hall–Kier alpha value is -1.96. The molecule has 2 aromatic rings. The molecule has 0 aromatic heterocycles. The van der Waals surface area contributed by atoms with E-state index in [1.54, 1.807) is 7.11 Å². The van der Waals surface area contributed by atoms with E-state index in [-0.39, 0.29) is 0 Å². The zero-order valence-electron chi connectivity index (χ0n) is 11.5. The monoisotopic (exact) mass is 253 g/mol. The zero-order chi connectivity index (χ0) is 13.2. The summed E-state index contributed by atoms with van der Waals surface area (Å²) in [6.45, 7) is 3.21. The Balaban J connectivity index is 2.12. The molecule has 1 heterocycles. The number of para-hydroxylation sites is 1. The van der Waals surface area contributed by atoms with Crippen molar-refractivity contribution in [2.24, 2.45) is 0 Å². The van der Waals surface area contributed by atoms with Gasteiger partial charge < -0.3 is 10.1 Å². The third kappa shape index (κ3) is 2.19. The SMILES string of the molecule is COc1ccc(-c2cccc3c2NCCC3)c(C)c1. The number of anilines is 1. The van der Waals surface area contributed by atoms with E-state index in [1.807, 2.05) is 6.07 Å². The van der Waals surface area contributed by atoms with Crippen molar-refractivity contribution in [2.45, 2.75) is 19.8 Å². The van der Waals surface area contributed by atoms with Gasteiger partial charge >= 0.3 is 0 Å². The van der Waals surface area contributed by atoms with Crippen LogP contribution in [0.15, 0.2) is 36.4 Å². The lowest BCUT2D eigenvalue weighted by Gasteiger charge is -2.22. The summed E-state index contributed by atoms with van der Waals surface area (Å²) in [5, 5.41) is 3.55. The van der Waals surface area contributed by atoms with Crippen molar-refractivity contribution in [3.05, 3.63) is 47.5 Å². The third-order valence-corrected chi connectivity index (χ3v) is 3.80. The van der Waals surface area contributed by atoms with Gasteiger partial charge in [0.05, 0.1) is 7.11 Å². The highest BCUT2D eigenvalue weighted by atomic mass is 16.5. The Kier molecular flexibility index (Phi) is 3.16. The molecule has 1 N–H and O–H groups in total. The van der Waals surface area contributed by atoms with E-state index >= 15 is 0 Å². The minimum absolute atomic E-state index is 0.916. The van der Waals surface area contributed by atoms with Gasteiger partial charge in [0, 0.05) is 17.8 Å². The second-order valence-electron chi connectivity index (χ2n) is 5.05. The standard InChI is InChI=1S/C17H19NO/c1-12-11-14(19-2)8-9-15(12)16-7-3-5-13-6-4-10-18-17(13)16/h3,5,7-9,11,18H,4,6,10H2,1-2H3. The van der Waals surface area contributed by atoms with Gasteiger partial charge in [0.15, 0.2) is 0 Å². The summed E-state index contributed by atoms with van der Waals surface area (Å²) in [5.74, 6) is 0.916. The van der Waals surface area contributed by atoms with Crippen molar-refractivity contribution in [2.75, 3.05) is 19.0 Å². The number of hydrogen-bond acceptors (Lipinski definition) is 2. The Morgan fingerprint density at radius 3 is 2.79 bits per heavy atom. The van der Waals surface area contributed by atoms with Crippen LogP contribution in [0.5, 0.6) is 5.75 Å². The Bertz CT molecular complexity index is 604. The average Bonchev–Trinajstić information content (AvgIpc) is 2.46. The van der Waals surface area contributed by atoms with Gasteiger partial charge in [0.2, 0.25) is 0 Å². The van der Waals surface area contributed by atoms with Crippen molar-refractivity contribution >= 4 is 5.69 Å². The van der Waals surface area contributed by atoms with Gasteiger partial charge in [-0.2, -0.15) is 0 Å². The summed E-state index contributed by atoms with van der Waals surface area (Å²) in [5.41, 5.74) is 6.57. The molecule has 0 atom stereocenters. The molecule has 0 saturated carbocycles. The number of nitrogens with one attached hydrogen (secondary N) is 1. The lowest BCUT2D eigenvalue weighted by Crippen LogP contribution is -2.12. The van der Waals surface area contributed by atoms with Crippen LogP contribution in [-0.2, 0) is 6.42 Å². The van der Waals surface area contributed by atoms with Crippen molar-refractivity contribution < 1.29 is 4.74 Å². The molecule has 0 amide bonds. The summed E-state index contributed by atoms with van der Waals surface area (Å²) in [7, 11) is 1.71. The fraction of sp³-hybridized carbons (Fsp3) is 0.294. The predicted octanol–water partition coefficient (Wildman–Crippen LogP) is 4.03. The van der Waals surface area contributed by atoms with E-state index in [0.717, 1.165) is 12.3 Å². The predicted molar refractivity (Wildman–Crippen MR) is 80.0 cm³/mol. The molecule has 19 heavy (non-hydrogen) atoms. The van der Waals surface area contributed by atoms with Crippen molar-refractivity contribution in [1.29, 1.82) is 0 Å². The number of fused-ring (bicyclic) bond motifs is 1. The largest absolute Gasteiger partial charge is 0.497 e. The van der Waals surface area contributed by atoms with E-state index < -0.39 is 0 Å². The van der Waals surface area contributed by atoms with Crippen LogP contribution in [0.4, 0.5) is 5.69 Å². The highest BCUT2D eigenvalue weighted by Crippen LogP contribution is 2.36. The first-order valence-electron chi connectivity index (χ1n) is 6.80. The second-order valence-corrected chi connectivity index (χ2v) is 5.05. The molecule has 0 spiro atoms. The fourth-order valence-electron chi connectivity index (χ4n) is 2.80. The molecule has 0 aliphatic carbocycles. The normalized spacial score (nSPS) is 13.6. The Morgan fingerprint density at radius 1 is 1.11 bits per heavy atom. The van der Waals surface area contributed by atoms with Crippen LogP contribution in [0.3, 0.4) is 0 Å². The van der Waals surface area contributed by atoms with E-state index in [9.17, 15) is 0 Å². The minimum Gasteiger partial charge on any atom is -0.497 e. The van der Waals surface area contributed by atoms with Crippen molar-refractivity contribution in [1.82, 2.24) is 0 Å². The third-order valence-electron chi connectivity index (χ3n) is 3.80. The number of hydrogen-bond donors (Lipinski definition) is 1. The molecule has 1 aliphatic rings. The summed E-state index contributed by atoms with van der Waals surface area (Å²) >= 11 is 0. The summed E-state index contributed by atoms with van der Waals surface area (Å²) in [4.78, 5) is 0. The summed E-state index contributed by atoms with van der Waals surface area (Å²) in [6, 6.07) is 12.9. The lowest BCUT2D eigenvalue weighted by atomic mass is 9.93. The van der Waals surface area contributed by atoms with Crippen LogP contribution in [0.2, 0.25) is 0 Å². The molecule has 2 aromatic carbocycles. The maximum Gasteiger partial charge on any atom is 0.119 e. The second kappa shape index (κ2) is 4.96. The van der Waals surface area contributed by atoms with Gasteiger partial charge in [-0.3, -0.25) is 0 Å². The van der Waals surface area contributed by atoms with E-state index in [1.165, 1.54) is 40.8 Å². The maximum absolute atomic E-state index is 5.28. The quantitative estimate of drug-likeness (QED) is 0.872. The molecule has 3 rings (SSSR count). The highest BCUT2D eigenvalue weighted by molar-refractivity contribution is 5.82. The topological polar surface area (TPSA) is 21.3 Å². The Morgan fingerprint density at radius 2 is 2.00 bits per heavy atom. The van der Waals surface area contributed by atoms with Crippen LogP contribution in [0.1, 0.15) is 17.5 Å². The average molecular weight is 253 g/mol. The number of rotatable bonds is 2. The van der Waals surface area contributed by atoms with Gasteiger partial charge in [-0.1, -0.05) is 24.3 Å². The first kappa shape index (κ1) is 12.1. The van der Waals surface area contributed by atoms with Crippen molar-refractivity contribution in [3.8, 4) is 16.9 Å². The molecule has 0 unspecified atom stereocenters. The molecule has 2 heteroatoms. The van der Waals surface area contributed by atoms with E-state index in [0.29, 0.717) is 0 Å².